The number of sulfonamides is 1. The van der Waals surface area contributed by atoms with Crippen LogP contribution in [-0.2, 0) is 16.6 Å². The van der Waals surface area contributed by atoms with Crippen molar-refractivity contribution in [3.05, 3.63) is 23.0 Å². The molecule has 0 unspecified atom stereocenters. The second kappa shape index (κ2) is 5.21. The zero-order valence-corrected chi connectivity index (χ0v) is 12.3. The molecule has 2 aromatic rings. The van der Waals surface area contributed by atoms with Gasteiger partial charge >= 0.3 is 5.97 Å². The molecule has 8 nitrogen and oxygen atoms in total. The molecule has 0 aromatic carbocycles. The number of nitrogens with zero attached hydrogens (tertiary/aromatic N) is 3. The van der Waals surface area contributed by atoms with Gasteiger partial charge in [-0.05, 0) is 19.9 Å². The first-order valence-electron chi connectivity index (χ1n) is 5.60. The van der Waals surface area contributed by atoms with E-state index in [0.717, 1.165) is 17.4 Å². The quantitative estimate of drug-likeness (QED) is 0.855. The lowest BCUT2D eigenvalue weighted by Crippen LogP contribution is -2.12. The number of aromatic nitrogens is 3. The SMILES string of the molecule is CCn1cc(S(=O)(=O)Nc2nnc(C)s2)cc1C(=O)O. The first-order chi connectivity index (χ1) is 9.33. The smallest absolute Gasteiger partial charge is 0.352 e. The molecule has 2 aromatic heterocycles. The van der Waals surface area contributed by atoms with Crippen LogP contribution in [0, 0.1) is 6.92 Å². The monoisotopic (exact) mass is 316 g/mol. The third kappa shape index (κ3) is 2.80. The molecule has 0 radical (unpaired) electrons. The Kier molecular flexibility index (Phi) is 3.77. The van der Waals surface area contributed by atoms with E-state index in [1.165, 1.54) is 10.8 Å². The molecule has 0 amide bonds. The van der Waals surface area contributed by atoms with Crippen LogP contribution in [0.1, 0.15) is 22.4 Å². The van der Waals surface area contributed by atoms with Crippen LogP contribution in [0.5, 0.6) is 0 Å². The van der Waals surface area contributed by atoms with Gasteiger partial charge in [-0.1, -0.05) is 11.3 Å². The molecule has 0 saturated carbocycles. The number of carboxylic acid groups (broad SMARTS) is 1. The Balaban J connectivity index is 2.37. The first kappa shape index (κ1) is 14.5. The highest BCUT2D eigenvalue weighted by Gasteiger charge is 2.22. The maximum Gasteiger partial charge on any atom is 0.352 e. The van der Waals surface area contributed by atoms with Crippen LogP contribution in [0.3, 0.4) is 0 Å². The average molecular weight is 316 g/mol. The van der Waals surface area contributed by atoms with Gasteiger partial charge in [-0.25, -0.2) is 13.2 Å². The molecule has 20 heavy (non-hydrogen) atoms. The minimum absolute atomic E-state index is 0.0821. The normalized spacial score (nSPS) is 11.5. The number of rotatable bonds is 5. The van der Waals surface area contributed by atoms with Gasteiger partial charge in [0.25, 0.3) is 10.0 Å². The first-order valence-corrected chi connectivity index (χ1v) is 7.90. The topological polar surface area (TPSA) is 114 Å². The Morgan fingerprint density at radius 1 is 1.50 bits per heavy atom. The van der Waals surface area contributed by atoms with Crippen LogP contribution in [-0.4, -0.2) is 34.3 Å². The van der Waals surface area contributed by atoms with E-state index in [2.05, 4.69) is 14.9 Å². The van der Waals surface area contributed by atoms with Gasteiger partial charge in [0.05, 0.1) is 0 Å². The van der Waals surface area contributed by atoms with Crippen molar-refractivity contribution in [3.8, 4) is 0 Å². The van der Waals surface area contributed by atoms with Crippen LogP contribution in [0.25, 0.3) is 0 Å². The van der Waals surface area contributed by atoms with Crippen molar-refractivity contribution in [1.29, 1.82) is 0 Å². The maximum atomic E-state index is 12.1. The van der Waals surface area contributed by atoms with Gasteiger partial charge in [0.2, 0.25) is 5.13 Å². The van der Waals surface area contributed by atoms with Crippen LogP contribution in [0.4, 0.5) is 5.13 Å². The van der Waals surface area contributed by atoms with Gasteiger partial charge in [-0.2, -0.15) is 0 Å². The van der Waals surface area contributed by atoms with Gasteiger partial charge in [0.1, 0.15) is 15.6 Å². The number of hydrogen-bond donors (Lipinski definition) is 2. The second-order valence-corrected chi connectivity index (χ2v) is 6.75. The average Bonchev–Trinajstić information content (AvgIpc) is 2.95. The molecule has 2 heterocycles. The van der Waals surface area contributed by atoms with Crippen LogP contribution in [0.15, 0.2) is 17.2 Å². The predicted molar refractivity (Wildman–Crippen MR) is 72.5 cm³/mol. The minimum atomic E-state index is -3.87. The van der Waals surface area contributed by atoms with Crippen LogP contribution < -0.4 is 4.72 Å². The van der Waals surface area contributed by atoms with Crippen molar-refractivity contribution in [2.24, 2.45) is 0 Å². The highest BCUT2D eigenvalue weighted by Crippen LogP contribution is 2.21. The molecule has 2 N–H and O–H groups in total. The van der Waals surface area contributed by atoms with Crippen molar-refractivity contribution in [1.82, 2.24) is 14.8 Å². The molecule has 0 spiro atoms. The maximum absolute atomic E-state index is 12.1. The molecule has 0 bridgehead atoms. The third-order valence-corrected chi connectivity index (χ3v) is 4.68. The van der Waals surface area contributed by atoms with Crippen molar-refractivity contribution >= 4 is 32.5 Å². The summed E-state index contributed by atoms with van der Waals surface area (Å²) in [4.78, 5) is 10.9. The zero-order valence-electron chi connectivity index (χ0n) is 10.7. The van der Waals surface area contributed by atoms with Crippen molar-refractivity contribution in [2.45, 2.75) is 25.3 Å². The highest BCUT2D eigenvalue weighted by molar-refractivity contribution is 7.93. The van der Waals surface area contributed by atoms with E-state index in [0.29, 0.717) is 11.6 Å². The standard InChI is InChI=1S/C10H12N4O4S2/c1-3-14-5-7(4-8(14)9(15)16)20(17,18)13-10-12-11-6(2)19-10/h4-5H,3H2,1-2H3,(H,12,13)(H,15,16). The largest absolute Gasteiger partial charge is 0.477 e. The van der Waals surface area contributed by atoms with Crippen molar-refractivity contribution in [3.63, 3.8) is 0 Å². The Hall–Kier alpha value is -1.94. The zero-order chi connectivity index (χ0) is 14.9. The Morgan fingerprint density at radius 3 is 2.65 bits per heavy atom. The fraction of sp³-hybridized carbons (Fsp3) is 0.300. The number of aryl methyl sites for hydroxylation is 2. The summed E-state index contributed by atoms with van der Waals surface area (Å²) in [6.07, 6.45) is 1.28. The molecule has 0 saturated heterocycles. The molecule has 0 atom stereocenters. The van der Waals surface area contributed by atoms with Gasteiger partial charge in [-0.15, -0.1) is 10.2 Å². The summed E-state index contributed by atoms with van der Waals surface area (Å²) >= 11 is 1.10. The molecule has 0 aliphatic carbocycles. The number of carbonyl (C=O) groups is 1. The summed E-state index contributed by atoms with van der Waals surface area (Å²) in [5.41, 5.74) is -0.0821. The minimum Gasteiger partial charge on any atom is -0.477 e. The molecular weight excluding hydrogens is 304 g/mol. The molecule has 2 rings (SSSR count). The molecule has 0 aliphatic heterocycles. The number of anilines is 1. The van der Waals surface area contributed by atoms with Gasteiger partial charge in [0, 0.05) is 12.7 Å². The van der Waals surface area contributed by atoms with E-state index in [1.54, 1.807) is 13.8 Å². The molecule has 10 heteroatoms. The molecule has 0 aliphatic rings. The Bertz CT molecular complexity index is 747. The fourth-order valence-electron chi connectivity index (χ4n) is 1.58. The van der Waals surface area contributed by atoms with Gasteiger partial charge in [-0.3, -0.25) is 4.72 Å². The summed E-state index contributed by atoms with van der Waals surface area (Å²) in [6.45, 7) is 3.78. The number of nitrogens with one attached hydrogen (secondary N) is 1. The summed E-state index contributed by atoms with van der Waals surface area (Å²) in [7, 11) is -3.87. The number of carboxylic acids is 1. The summed E-state index contributed by atoms with van der Waals surface area (Å²) in [5, 5.41) is 17.1. The lowest BCUT2D eigenvalue weighted by molar-refractivity contribution is 0.0685. The fourth-order valence-corrected chi connectivity index (χ4v) is 3.44. The highest BCUT2D eigenvalue weighted by atomic mass is 32.2. The number of aromatic carboxylic acids is 1. The molecule has 108 valence electrons. The van der Waals surface area contributed by atoms with E-state index < -0.39 is 16.0 Å². The van der Waals surface area contributed by atoms with E-state index in [9.17, 15) is 13.2 Å². The van der Waals surface area contributed by atoms with E-state index in [1.807, 2.05) is 0 Å². The summed E-state index contributed by atoms with van der Waals surface area (Å²) in [5.74, 6) is -1.18. The van der Waals surface area contributed by atoms with Crippen LogP contribution in [0.2, 0.25) is 0 Å². The summed E-state index contributed by atoms with van der Waals surface area (Å²) in [6, 6.07) is 1.11. The Morgan fingerprint density at radius 2 is 2.20 bits per heavy atom. The predicted octanol–water partition coefficient (Wildman–Crippen LogP) is 1.17. The van der Waals surface area contributed by atoms with E-state index in [-0.39, 0.29) is 15.7 Å². The molecular formula is C10H12N4O4S2. The Labute approximate surface area is 119 Å². The molecule has 0 fully saturated rings. The summed E-state index contributed by atoms with van der Waals surface area (Å²) < 4.78 is 27.9. The van der Waals surface area contributed by atoms with Gasteiger partial charge < -0.3 is 9.67 Å². The lowest BCUT2D eigenvalue weighted by atomic mass is 10.4. The van der Waals surface area contributed by atoms with E-state index >= 15 is 0 Å². The lowest BCUT2D eigenvalue weighted by Gasteiger charge is -2.01. The van der Waals surface area contributed by atoms with Crippen LogP contribution >= 0.6 is 11.3 Å². The number of hydrogen-bond acceptors (Lipinski definition) is 6. The van der Waals surface area contributed by atoms with Crippen molar-refractivity contribution in [2.75, 3.05) is 4.72 Å². The van der Waals surface area contributed by atoms with E-state index in [4.69, 9.17) is 5.11 Å². The third-order valence-electron chi connectivity index (χ3n) is 2.49. The van der Waals surface area contributed by atoms with Gasteiger partial charge in [0.15, 0.2) is 0 Å². The van der Waals surface area contributed by atoms with Crippen molar-refractivity contribution < 1.29 is 18.3 Å². The second-order valence-electron chi connectivity index (χ2n) is 3.88.